The van der Waals surface area contributed by atoms with Crippen LogP contribution in [0.15, 0.2) is 36.8 Å². The molecular formula is C23H27N5O. The molecule has 2 N–H and O–H groups in total. The molecule has 0 saturated carbocycles. The van der Waals surface area contributed by atoms with Gasteiger partial charge in [-0.1, -0.05) is 19.9 Å². The van der Waals surface area contributed by atoms with Crippen molar-refractivity contribution < 1.29 is 4.74 Å². The fourth-order valence-corrected chi connectivity index (χ4v) is 4.63. The Morgan fingerprint density at radius 1 is 1.24 bits per heavy atom. The van der Waals surface area contributed by atoms with Gasteiger partial charge in [-0.05, 0) is 60.5 Å². The summed E-state index contributed by atoms with van der Waals surface area (Å²) in [7, 11) is 1.67. The van der Waals surface area contributed by atoms with Gasteiger partial charge in [0.25, 0.3) is 0 Å². The number of hydrogen-bond donors (Lipinski definition) is 2. The average Bonchev–Trinajstić information content (AvgIpc) is 3.37. The maximum Gasteiger partial charge on any atom is 0.197 e. The highest BCUT2D eigenvalue weighted by atomic mass is 16.5. The molecule has 6 nitrogen and oxygen atoms in total. The minimum atomic E-state index is 0.385. The van der Waals surface area contributed by atoms with Crippen LogP contribution in [0.1, 0.15) is 49.7 Å². The van der Waals surface area contributed by atoms with E-state index in [2.05, 4.69) is 52.4 Å². The molecule has 0 spiro atoms. The molecule has 1 atom stereocenters. The highest BCUT2D eigenvalue weighted by Crippen LogP contribution is 2.38. The van der Waals surface area contributed by atoms with Gasteiger partial charge in [0.05, 0.1) is 12.8 Å². The number of rotatable bonds is 4. The summed E-state index contributed by atoms with van der Waals surface area (Å²) in [6.45, 7) is 6.72. The maximum absolute atomic E-state index is 5.58. The molecular weight excluding hydrogens is 362 g/mol. The molecule has 1 aliphatic rings. The zero-order valence-corrected chi connectivity index (χ0v) is 17.2. The third-order valence-electron chi connectivity index (χ3n) is 6.06. The number of nitrogens with one attached hydrogen (secondary N) is 2. The molecule has 1 aromatic carbocycles. The normalized spacial score (nSPS) is 17.4. The lowest BCUT2D eigenvalue weighted by Crippen LogP contribution is -2.28. The minimum Gasteiger partial charge on any atom is -0.493 e. The Bertz CT molecular complexity index is 1170. The van der Waals surface area contributed by atoms with Gasteiger partial charge in [-0.3, -0.25) is 0 Å². The zero-order chi connectivity index (χ0) is 20.0. The summed E-state index contributed by atoms with van der Waals surface area (Å²) in [6.07, 6.45) is 6.08. The van der Waals surface area contributed by atoms with Gasteiger partial charge in [0.2, 0.25) is 0 Å². The second kappa shape index (κ2) is 7.19. The molecule has 29 heavy (non-hydrogen) atoms. The number of fused-ring (bicyclic) bond motifs is 2. The summed E-state index contributed by atoms with van der Waals surface area (Å²) in [5, 5.41) is 9.18. The number of aromatic nitrogens is 4. The van der Waals surface area contributed by atoms with E-state index in [-0.39, 0.29) is 0 Å². The number of methoxy groups -OCH3 is 1. The molecule has 0 amide bonds. The predicted octanol–water partition coefficient (Wildman–Crippen LogP) is 4.48. The zero-order valence-electron chi connectivity index (χ0n) is 17.2. The van der Waals surface area contributed by atoms with E-state index < -0.39 is 0 Å². The molecule has 150 valence electrons. The second-order valence-corrected chi connectivity index (χ2v) is 8.24. The Morgan fingerprint density at radius 3 is 2.90 bits per heavy atom. The molecule has 6 heteroatoms. The van der Waals surface area contributed by atoms with Crippen molar-refractivity contribution in [3.63, 3.8) is 0 Å². The number of benzene rings is 1. The van der Waals surface area contributed by atoms with Crippen LogP contribution in [0.25, 0.3) is 27.8 Å². The second-order valence-electron chi connectivity index (χ2n) is 8.24. The first kappa shape index (κ1) is 18.2. The van der Waals surface area contributed by atoms with Gasteiger partial charge in [-0.2, -0.15) is 5.10 Å². The number of hydrogen-bond acceptors (Lipinski definition) is 4. The van der Waals surface area contributed by atoms with Gasteiger partial charge in [0.15, 0.2) is 11.4 Å². The molecule has 1 saturated heterocycles. The molecule has 1 unspecified atom stereocenters. The monoisotopic (exact) mass is 389 g/mol. The van der Waals surface area contributed by atoms with Crippen molar-refractivity contribution in [3.8, 4) is 17.0 Å². The van der Waals surface area contributed by atoms with Crippen molar-refractivity contribution in [1.29, 1.82) is 0 Å². The first-order valence-electron chi connectivity index (χ1n) is 10.4. The van der Waals surface area contributed by atoms with Crippen molar-refractivity contribution in [2.24, 2.45) is 0 Å². The molecule has 4 heterocycles. The Morgan fingerprint density at radius 2 is 2.14 bits per heavy atom. The molecule has 1 fully saturated rings. The van der Waals surface area contributed by atoms with E-state index in [0.29, 0.717) is 11.8 Å². The van der Waals surface area contributed by atoms with Crippen molar-refractivity contribution in [2.75, 3.05) is 20.2 Å². The molecule has 0 aliphatic carbocycles. The third-order valence-corrected chi connectivity index (χ3v) is 6.06. The molecule has 3 aromatic heterocycles. The van der Waals surface area contributed by atoms with Crippen LogP contribution in [0, 0.1) is 0 Å². The van der Waals surface area contributed by atoms with Crippen molar-refractivity contribution in [3.05, 3.63) is 47.9 Å². The maximum atomic E-state index is 5.58. The van der Waals surface area contributed by atoms with Crippen LogP contribution >= 0.6 is 0 Å². The van der Waals surface area contributed by atoms with E-state index in [4.69, 9.17) is 4.74 Å². The summed E-state index contributed by atoms with van der Waals surface area (Å²) in [4.78, 5) is 7.97. The van der Waals surface area contributed by atoms with Crippen molar-refractivity contribution in [1.82, 2.24) is 24.9 Å². The number of H-pyrrole nitrogens is 1. The van der Waals surface area contributed by atoms with Gasteiger partial charge < -0.3 is 15.0 Å². The topological polar surface area (TPSA) is 67.2 Å². The van der Waals surface area contributed by atoms with Crippen LogP contribution in [0.2, 0.25) is 0 Å². The SMILES string of the molecule is COc1cc(-c2[nH]c3ccc(C4CCCNC4)cc3c2C(C)C)cn2ncnc12. The van der Waals surface area contributed by atoms with E-state index in [1.807, 2.05) is 12.3 Å². The highest BCUT2D eigenvalue weighted by Gasteiger charge is 2.21. The number of ether oxygens (including phenoxy) is 1. The predicted molar refractivity (Wildman–Crippen MR) is 116 cm³/mol. The number of pyridine rings is 1. The summed E-state index contributed by atoms with van der Waals surface area (Å²) in [5.74, 6) is 1.70. The van der Waals surface area contributed by atoms with Crippen LogP contribution in [0.3, 0.4) is 0 Å². The molecule has 0 bridgehead atoms. The quantitative estimate of drug-likeness (QED) is 0.540. The summed E-state index contributed by atoms with van der Waals surface area (Å²) in [5.41, 5.74) is 6.86. The standard InChI is InChI=1S/C23H27N5O/c1-14(2)21-18-9-15(16-5-4-8-24-11-16)6-7-19(18)27-22(21)17-10-20(29-3)23-25-13-26-28(23)12-17/h6-7,9-10,12-14,16,24,27H,4-5,8,11H2,1-3H3. The van der Waals surface area contributed by atoms with Crippen LogP contribution < -0.4 is 10.1 Å². The Kier molecular flexibility index (Phi) is 4.51. The Balaban J connectivity index is 1.68. The van der Waals surface area contributed by atoms with Gasteiger partial charge in [0.1, 0.15) is 6.33 Å². The first-order chi connectivity index (χ1) is 14.2. The lowest BCUT2D eigenvalue weighted by atomic mass is 9.89. The molecule has 0 radical (unpaired) electrons. The number of aromatic amines is 1. The van der Waals surface area contributed by atoms with Crippen LogP contribution in [0.4, 0.5) is 0 Å². The summed E-state index contributed by atoms with van der Waals surface area (Å²) >= 11 is 0. The van der Waals surface area contributed by atoms with Crippen molar-refractivity contribution >= 4 is 16.6 Å². The van der Waals surface area contributed by atoms with Gasteiger partial charge in [-0.15, -0.1) is 0 Å². The van der Waals surface area contributed by atoms with Crippen LogP contribution in [-0.2, 0) is 0 Å². The van der Waals surface area contributed by atoms with E-state index in [1.165, 1.54) is 34.9 Å². The summed E-state index contributed by atoms with van der Waals surface area (Å²) in [6, 6.07) is 8.96. The van der Waals surface area contributed by atoms with Crippen molar-refractivity contribution in [2.45, 2.75) is 38.5 Å². The summed E-state index contributed by atoms with van der Waals surface area (Å²) < 4.78 is 7.36. The lowest BCUT2D eigenvalue weighted by Gasteiger charge is -2.23. The van der Waals surface area contributed by atoms with Crippen LogP contribution in [0.5, 0.6) is 5.75 Å². The van der Waals surface area contributed by atoms with E-state index in [9.17, 15) is 0 Å². The van der Waals surface area contributed by atoms with Gasteiger partial charge in [-0.25, -0.2) is 9.50 Å². The smallest absolute Gasteiger partial charge is 0.197 e. The lowest BCUT2D eigenvalue weighted by molar-refractivity contribution is 0.416. The third kappa shape index (κ3) is 3.08. The van der Waals surface area contributed by atoms with E-state index in [0.717, 1.165) is 35.7 Å². The van der Waals surface area contributed by atoms with Crippen LogP contribution in [-0.4, -0.2) is 39.8 Å². The largest absolute Gasteiger partial charge is 0.493 e. The number of piperidine rings is 1. The highest BCUT2D eigenvalue weighted by molar-refractivity contribution is 5.92. The fraction of sp³-hybridized carbons (Fsp3) is 0.391. The Hall–Kier alpha value is -2.86. The first-order valence-corrected chi connectivity index (χ1v) is 10.4. The molecule has 5 rings (SSSR count). The van der Waals surface area contributed by atoms with Gasteiger partial charge >= 0.3 is 0 Å². The van der Waals surface area contributed by atoms with E-state index in [1.54, 1.807) is 18.0 Å². The minimum absolute atomic E-state index is 0.385. The molecule has 4 aromatic rings. The molecule has 1 aliphatic heterocycles. The average molecular weight is 390 g/mol. The van der Waals surface area contributed by atoms with E-state index >= 15 is 0 Å². The fourth-order valence-electron chi connectivity index (χ4n) is 4.63. The van der Waals surface area contributed by atoms with Gasteiger partial charge in [0, 0.05) is 29.2 Å². The number of nitrogens with zero attached hydrogens (tertiary/aromatic N) is 3. The Labute approximate surface area is 170 Å².